The number of hydrogen-bond donors (Lipinski definition) is 2. The highest BCUT2D eigenvalue weighted by atomic mass is 32.2. The number of amidine groups is 1. The van der Waals surface area contributed by atoms with Crippen LogP contribution < -0.4 is 5.73 Å². The van der Waals surface area contributed by atoms with Crippen molar-refractivity contribution in [3.05, 3.63) is 0 Å². The Morgan fingerprint density at radius 2 is 2.07 bits per heavy atom. The zero-order chi connectivity index (χ0) is 12.1. The van der Waals surface area contributed by atoms with E-state index in [2.05, 4.69) is 5.16 Å². The minimum absolute atomic E-state index is 0.0689. The number of nitrogens with two attached hydrogens (primary N) is 1. The molecule has 0 aromatic carbocycles. The third-order valence-electron chi connectivity index (χ3n) is 2.04. The molecule has 15 heavy (non-hydrogen) atoms. The molecule has 0 aliphatic carbocycles. The van der Waals surface area contributed by atoms with E-state index in [1.807, 2.05) is 0 Å². The van der Waals surface area contributed by atoms with Crippen LogP contribution in [-0.2, 0) is 9.84 Å². The Morgan fingerprint density at radius 1 is 1.53 bits per heavy atom. The largest absolute Gasteiger partial charge is 0.409 e. The standard InChI is InChI=1S/C8H19N3O3S/c1-7(2)15(13,14)5-4-11(3)6-8(9)10-12/h7,12H,4-6H2,1-3H3,(H2,9,10). The molecular formula is C8H19N3O3S. The Bertz CT molecular complexity index is 311. The van der Waals surface area contributed by atoms with Gasteiger partial charge in [0.2, 0.25) is 0 Å². The van der Waals surface area contributed by atoms with Gasteiger partial charge >= 0.3 is 0 Å². The van der Waals surface area contributed by atoms with E-state index in [1.165, 1.54) is 0 Å². The predicted molar refractivity (Wildman–Crippen MR) is 59.8 cm³/mol. The molecule has 90 valence electrons. The number of rotatable bonds is 6. The number of hydrogen-bond acceptors (Lipinski definition) is 5. The van der Waals surface area contributed by atoms with Gasteiger partial charge in [0.25, 0.3) is 0 Å². The fourth-order valence-electron chi connectivity index (χ4n) is 0.906. The summed E-state index contributed by atoms with van der Waals surface area (Å²) in [4.78, 5) is 1.69. The maximum absolute atomic E-state index is 11.5. The quantitative estimate of drug-likeness (QED) is 0.281. The first-order chi connectivity index (χ1) is 6.79. The lowest BCUT2D eigenvalue weighted by Crippen LogP contribution is -2.35. The first-order valence-electron chi connectivity index (χ1n) is 4.66. The number of oxime groups is 1. The lowest BCUT2D eigenvalue weighted by Gasteiger charge is -2.16. The Morgan fingerprint density at radius 3 is 2.47 bits per heavy atom. The second kappa shape index (κ2) is 5.92. The SMILES string of the molecule is CC(C)S(=O)(=O)CCN(C)CC(N)=NO. The molecule has 0 atom stereocenters. The molecule has 0 aromatic rings. The van der Waals surface area contributed by atoms with Crippen molar-refractivity contribution in [2.45, 2.75) is 19.1 Å². The lowest BCUT2D eigenvalue weighted by atomic mass is 10.5. The molecule has 0 aliphatic heterocycles. The molecule has 0 unspecified atom stereocenters. The summed E-state index contributed by atoms with van der Waals surface area (Å²) in [5, 5.41) is 10.8. The van der Waals surface area contributed by atoms with E-state index >= 15 is 0 Å². The molecule has 6 nitrogen and oxygen atoms in total. The summed E-state index contributed by atoms with van der Waals surface area (Å²) in [5.74, 6) is 0.152. The molecule has 7 heteroatoms. The lowest BCUT2D eigenvalue weighted by molar-refractivity contribution is 0.311. The molecule has 0 saturated carbocycles. The minimum Gasteiger partial charge on any atom is -0.409 e. The summed E-state index contributed by atoms with van der Waals surface area (Å²) in [5.41, 5.74) is 5.28. The Kier molecular flexibility index (Phi) is 5.59. The molecular weight excluding hydrogens is 218 g/mol. The summed E-state index contributed by atoms with van der Waals surface area (Å²) in [6.45, 7) is 3.93. The molecule has 0 fully saturated rings. The van der Waals surface area contributed by atoms with E-state index in [1.54, 1.807) is 25.8 Å². The molecule has 0 rings (SSSR count). The summed E-state index contributed by atoms with van der Waals surface area (Å²) in [6.07, 6.45) is 0. The number of likely N-dealkylation sites (N-methyl/N-ethyl adjacent to an activating group) is 1. The third kappa shape index (κ3) is 5.58. The third-order valence-corrected chi connectivity index (χ3v) is 4.22. The molecule has 0 radical (unpaired) electrons. The van der Waals surface area contributed by atoms with Gasteiger partial charge in [-0.05, 0) is 20.9 Å². The van der Waals surface area contributed by atoms with Crippen molar-refractivity contribution in [1.29, 1.82) is 0 Å². The van der Waals surface area contributed by atoms with Gasteiger partial charge in [-0.25, -0.2) is 8.42 Å². The van der Waals surface area contributed by atoms with E-state index in [4.69, 9.17) is 10.9 Å². The molecule has 0 bridgehead atoms. The van der Waals surface area contributed by atoms with Crippen LogP contribution in [-0.4, -0.2) is 55.5 Å². The van der Waals surface area contributed by atoms with E-state index in [9.17, 15) is 8.42 Å². The van der Waals surface area contributed by atoms with Crippen LogP contribution in [0.4, 0.5) is 0 Å². The molecule has 0 amide bonds. The Balaban J connectivity index is 4.07. The van der Waals surface area contributed by atoms with Gasteiger partial charge in [-0.15, -0.1) is 0 Å². The van der Waals surface area contributed by atoms with Crippen LogP contribution in [0.25, 0.3) is 0 Å². The van der Waals surface area contributed by atoms with Gasteiger partial charge in [0.15, 0.2) is 15.7 Å². The number of sulfone groups is 1. The van der Waals surface area contributed by atoms with Crippen molar-refractivity contribution in [2.75, 3.05) is 25.9 Å². The molecule has 0 saturated heterocycles. The minimum atomic E-state index is -3.02. The second-order valence-electron chi connectivity index (χ2n) is 3.74. The molecule has 0 heterocycles. The van der Waals surface area contributed by atoms with Gasteiger partial charge in [-0.1, -0.05) is 5.16 Å². The van der Waals surface area contributed by atoms with Crippen molar-refractivity contribution in [2.24, 2.45) is 10.9 Å². The van der Waals surface area contributed by atoms with Gasteiger partial charge in [-0.3, -0.25) is 4.90 Å². The normalized spacial score (nSPS) is 13.8. The van der Waals surface area contributed by atoms with E-state index in [0.29, 0.717) is 6.54 Å². The topological polar surface area (TPSA) is 96.0 Å². The van der Waals surface area contributed by atoms with Crippen LogP contribution in [0.15, 0.2) is 5.16 Å². The van der Waals surface area contributed by atoms with Crippen LogP contribution in [0.3, 0.4) is 0 Å². The highest BCUT2D eigenvalue weighted by Gasteiger charge is 2.16. The van der Waals surface area contributed by atoms with Gasteiger partial charge < -0.3 is 10.9 Å². The van der Waals surface area contributed by atoms with Crippen molar-refractivity contribution >= 4 is 15.7 Å². The van der Waals surface area contributed by atoms with Crippen LogP contribution in [0, 0.1) is 0 Å². The van der Waals surface area contributed by atoms with E-state index < -0.39 is 9.84 Å². The zero-order valence-electron chi connectivity index (χ0n) is 9.34. The van der Waals surface area contributed by atoms with Gasteiger partial charge in [0.05, 0.1) is 17.5 Å². The fraction of sp³-hybridized carbons (Fsp3) is 0.875. The van der Waals surface area contributed by atoms with Crippen LogP contribution in [0.1, 0.15) is 13.8 Å². The first kappa shape index (κ1) is 14.2. The van der Waals surface area contributed by atoms with Crippen LogP contribution in [0.5, 0.6) is 0 Å². The Hall–Kier alpha value is -0.820. The maximum atomic E-state index is 11.5. The molecule has 0 spiro atoms. The van der Waals surface area contributed by atoms with Crippen molar-refractivity contribution < 1.29 is 13.6 Å². The van der Waals surface area contributed by atoms with Gasteiger partial charge in [-0.2, -0.15) is 0 Å². The summed E-state index contributed by atoms with van der Waals surface area (Å²) in [7, 11) is -1.30. The molecule has 0 aromatic heterocycles. The smallest absolute Gasteiger partial charge is 0.153 e. The average molecular weight is 237 g/mol. The first-order valence-corrected chi connectivity index (χ1v) is 6.37. The molecule has 3 N–H and O–H groups in total. The highest BCUT2D eigenvalue weighted by Crippen LogP contribution is 2.00. The van der Waals surface area contributed by atoms with Crippen molar-refractivity contribution in [3.63, 3.8) is 0 Å². The summed E-state index contributed by atoms with van der Waals surface area (Å²) < 4.78 is 22.9. The average Bonchev–Trinajstić information content (AvgIpc) is 2.14. The van der Waals surface area contributed by atoms with E-state index in [0.717, 1.165) is 0 Å². The number of nitrogens with zero attached hydrogens (tertiary/aromatic N) is 2. The van der Waals surface area contributed by atoms with Crippen molar-refractivity contribution in [3.8, 4) is 0 Å². The summed E-state index contributed by atoms with van der Waals surface area (Å²) in [6, 6.07) is 0. The molecule has 0 aliphatic rings. The van der Waals surface area contributed by atoms with Crippen LogP contribution in [0.2, 0.25) is 0 Å². The summed E-state index contributed by atoms with van der Waals surface area (Å²) >= 11 is 0. The zero-order valence-corrected chi connectivity index (χ0v) is 10.2. The predicted octanol–water partition coefficient (Wildman–Crippen LogP) is -0.512. The van der Waals surface area contributed by atoms with Crippen molar-refractivity contribution in [1.82, 2.24) is 4.90 Å². The fourth-order valence-corrected chi connectivity index (χ4v) is 1.94. The van der Waals surface area contributed by atoms with E-state index in [-0.39, 0.29) is 23.4 Å². The highest BCUT2D eigenvalue weighted by molar-refractivity contribution is 7.92. The maximum Gasteiger partial charge on any atom is 0.153 e. The Labute approximate surface area is 90.7 Å². The van der Waals surface area contributed by atoms with Gasteiger partial charge in [0, 0.05) is 6.54 Å². The van der Waals surface area contributed by atoms with Crippen LogP contribution >= 0.6 is 0 Å². The van der Waals surface area contributed by atoms with Gasteiger partial charge in [0.1, 0.15) is 0 Å². The second-order valence-corrected chi connectivity index (χ2v) is 6.42. The monoisotopic (exact) mass is 237 g/mol.